The number of carbonyl (C=O) groups excluding carboxylic acids is 1. The lowest BCUT2D eigenvalue weighted by Gasteiger charge is -2.11. The Hall–Kier alpha value is 0.710. The first-order valence-electron chi connectivity index (χ1n) is 2.93. The van der Waals surface area contributed by atoms with Gasteiger partial charge in [-0.05, 0) is 6.92 Å². The van der Waals surface area contributed by atoms with E-state index in [4.69, 9.17) is 4.74 Å². The van der Waals surface area contributed by atoms with Crippen LogP contribution in [0.5, 0.6) is 0 Å². The van der Waals surface area contributed by atoms with Crippen LogP contribution in [0.2, 0.25) is 0 Å². The van der Waals surface area contributed by atoms with Crippen LogP contribution in [0, 0.1) is 0 Å². The number of carbonyl (C=O) groups is 1. The smallest absolute Gasteiger partial charge is 0.407 e. The van der Waals surface area contributed by atoms with Gasteiger partial charge in [0.2, 0.25) is 0 Å². The molecule has 0 saturated carbocycles. The van der Waals surface area contributed by atoms with Gasteiger partial charge >= 0.3 is 6.09 Å². The Labute approximate surface area is 90.6 Å². The number of ether oxygens (including phenoxy) is 1. The number of hydrogen-bond donors (Lipinski definition) is 1. The van der Waals surface area contributed by atoms with E-state index in [1.807, 2.05) is 6.92 Å². The first-order valence-corrected chi connectivity index (χ1v) is 5.31. The molecule has 0 aliphatic carbocycles. The molecule has 11 heavy (non-hydrogen) atoms. The topological polar surface area (TPSA) is 38.3 Å². The van der Waals surface area contributed by atoms with E-state index in [0.29, 0.717) is 6.54 Å². The van der Waals surface area contributed by atoms with Gasteiger partial charge in [0.15, 0.2) is 2.14 Å². The molecule has 0 rings (SSSR count). The summed E-state index contributed by atoms with van der Waals surface area (Å²) in [4.78, 5) is 10.7. The number of nitrogens with one attached hydrogen (secondary N) is 1. The van der Waals surface area contributed by atoms with Crippen LogP contribution in [-0.2, 0) is 4.74 Å². The molecule has 0 aromatic rings. The Kier molecular flexibility index (Phi) is 5.72. The Morgan fingerprint density at radius 2 is 2.09 bits per heavy atom. The van der Waals surface area contributed by atoms with Crippen LogP contribution in [0.3, 0.4) is 0 Å². The SMILES string of the molecule is CCNC(=O)OCC(Br)(Br)Br. The fourth-order valence-corrected chi connectivity index (χ4v) is 0.686. The van der Waals surface area contributed by atoms with Crippen LogP contribution >= 0.6 is 47.8 Å². The fourth-order valence-electron chi connectivity index (χ4n) is 0.343. The number of alkyl carbamates (subject to hydrolysis) is 1. The van der Waals surface area contributed by atoms with Crippen LogP contribution < -0.4 is 5.32 Å². The molecule has 0 spiro atoms. The molecule has 66 valence electrons. The predicted molar refractivity (Wildman–Crippen MR) is 54.5 cm³/mol. The maximum atomic E-state index is 10.7. The molecule has 0 heterocycles. The first kappa shape index (κ1) is 11.7. The highest BCUT2D eigenvalue weighted by molar-refractivity contribution is 9.39. The summed E-state index contributed by atoms with van der Waals surface area (Å²) in [5.41, 5.74) is 0. The summed E-state index contributed by atoms with van der Waals surface area (Å²) in [6.07, 6.45) is -0.421. The lowest BCUT2D eigenvalue weighted by molar-refractivity contribution is 0.151. The molecule has 0 fully saturated rings. The van der Waals surface area contributed by atoms with Crippen LogP contribution in [0.4, 0.5) is 4.79 Å². The van der Waals surface area contributed by atoms with Crippen molar-refractivity contribution in [1.82, 2.24) is 5.32 Å². The van der Waals surface area contributed by atoms with E-state index in [2.05, 4.69) is 53.1 Å². The van der Waals surface area contributed by atoms with Gasteiger partial charge in [-0.15, -0.1) is 0 Å². The maximum absolute atomic E-state index is 10.7. The summed E-state index contributed by atoms with van der Waals surface area (Å²) in [6, 6.07) is 0. The predicted octanol–water partition coefficient (Wildman–Crippen LogP) is 2.57. The van der Waals surface area contributed by atoms with Crippen molar-refractivity contribution in [1.29, 1.82) is 0 Å². The van der Waals surface area contributed by atoms with Crippen molar-refractivity contribution < 1.29 is 9.53 Å². The molecule has 0 aromatic heterocycles. The zero-order chi connectivity index (χ0) is 8.91. The number of amides is 1. The lowest BCUT2D eigenvalue weighted by atomic mass is 10.7. The molecule has 0 aliphatic heterocycles. The zero-order valence-electron chi connectivity index (χ0n) is 5.86. The van der Waals surface area contributed by atoms with Crippen LogP contribution in [-0.4, -0.2) is 21.4 Å². The van der Waals surface area contributed by atoms with E-state index in [1.165, 1.54) is 0 Å². The van der Waals surface area contributed by atoms with Gasteiger partial charge in [0.05, 0.1) is 0 Å². The van der Waals surface area contributed by atoms with Crippen LogP contribution in [0.15, 0.2) is 0 Å². The highest BCUT2D eigenvalue weighted by Crippen LogP contribution is 2.33. The van der Waals surface area contributed by atoms with E-state index in [9.17, 15) is 4.79 Å². The van der Waals surface area contributed by atoms with Crippen molar-refractivity contribution in [2.75, 3.05) is 13.2 Å². The number of alkyl halides is 3. The van der Waals surface area contributed by atoms with Gasteiger partial charge < -0.3 is 10.1 Å². The number of hydrogen-bond acceptors (Lipinski definition) is 2. The third kappa shape index (κ3) is 8.62. The van der Waals surface area contributed by atoms with E-state index in [1.54, 1.807) is 0 Å². The second-order valence-corrected chi connectivity index (χ2v) is 8.98. The molecule has 0 aromatic carbocycles. The summed E-state index contributed by atoms with van der Waals surface area (Å²) >= 11 is 9.56. The Morgan fingerprint density at radius 1 is 1.55 bits per heavy atom. The molecular weight excluding hydrogens is 346 g/mol. The van der Waals surface area contributed by atoms with E-state index < -0.39 is 8.24 Å². The van der Waals surface area contributed by atoms with Crippen molar-refractivity contribution in [2.45, 2.75) is 9.07 Å². The molecule has 0 radical (unpaired) electrons. The second kappa shape index (κ2) is 5.37. The lowest BCUT2D eigenvalue weighted by Crippen LogP contribution is -2.27. The van der Waals surface area contributed by atoms with Crippen LogP contribution in [0.1, 0.15) is 6.92 Å². The molecule has 1 amide bonds. The first-order chi connectivity index (χ1) is 4.95. The summed E-state index contributed by atoms with van der Waals surface area (Å²) < 4.78 is 4.24. The Morgan fingerprint density at radius 3 is 2.45 bits per heavy atom. The minimum absolute atomic E-state index is 0.207. The zero-order valence-corrected chi connectivity index (χ0v) is 10.6. The van der Waals surface area contributed by atoms with Gasteiger partial charge in [-0.25, -0.2) is 4.79 Å². The third-order valence-corrected chi connectivity index (χ3v) is 1.37. The Bertz CT molecular complexity index is 134. The molecule has 0 atom stereocenters. The van der Waals surface area contributed by atoms with E-state index in [0.717, 1.165) is 0 Å². The minimum atomic E-state index is -0.516. The van der Waals surface area contributed by atoms with Gasteiger partial charge in [0.1, 0.15) is 6.61 Å². The fraction of sp³-hybridized carbons (Fsp3) is 0.800. The summed E-state index contributed by atoms with van der Waals surface area (Å²) in [6.45, 7) is 2.60. The summed E-state index contributed by atoms with van der Waals surface area (Å²) in [5.74, 6) is 0. The second-order valence-electron chi connectivity index (χ2n) is 1.72. The molecule has 3 nitrogen and oxygen atoms in total. The van der Waals surface area contributed by atoms with Gasteiger partial charge in [-0.2, -0.15) is 0 Å². The standard InChI is InChI=1S/C5H8Br3NO2/c1-2-9-4(10)11-3-5(6,7)8/h2-3H2,1H3,(H,9,10). The highest BCUT2D eigenvalue weighted by Gasteiger charge is 2.19. The molecule has 0 aliphatic rings. The van der Waals surface area contributed by atoms with Crippen molar-refractivity contribution in [3.63, 3.8) is 0 Å². The van der Waals surface area contributed by atoms with Crippen molar-refractivity contribution in [2.24, 2.45) is 0 Å². The molecule has 1 N–H and O–H groups in total. The number of rotatable bonds is 2. The quantitative estimate of drug-likeness (QED) is 0.775. The average Bonchev–Trinajstić information content (AvgIpc) is 1.83. The average molecular weight is 354 g/mol. The van der Waals surface area contributed by atoms with Crippen molar-refractivity contribution in [3.05, 3.63) is 0 Å². The molecule has 6 heteroatoms. The molecule has 0 saturated heterocycles. The van der Waals surface area contributed by atoms with Crippen LogP contribution in [0.25, 0.3) is 0 Å². The summed E-state index contributed by atoms with van der Waals surface area (Å²) in [7, 11) is 0. The van der Waals surface area contributed by atoms with Crippen molar-refractivity contribution in [3.8, 4) is 0 Å². The van der Waals surface area contributed by atoms with E-state index in [-0.39, 0.29) is 6.61 Å². The van der Waals surface area contributed by atoms with Gasteiger partial charge in [-0.3, -0.25) is 0 Å². The Balaban J connectivity index is 3.46. The largest absolute Gasteiger partial charge is 0.446 e. The maximum Gasteiger partial charge on any atom is 0.407 e. The van der Waals surface area contributed by atoms with Gasteiger partial charge in [0, 0.05) is 6.54 Å². The van der Waals surface area contributed by atoms with Gasteiger partial charge in [-0.1, -0.05) is 47.8 Å². The van der Waals surface area contributed by atoms with Crippen molar-refractivity contribution >= 4 is 53.9 Å². The molecule has 0 bridgehead atoms. The van der Waals surface area contributed by atoms with E-state index >= 15 is 0 Å². The monoisotopic (exact) mass is 351 g/mol. The van der Waals surface area contributed by atoms with Gasteiger partial charge in [0.25, 0.3) is 0 Å². The normalized spacial score (nSPS) is 10.9. The number of halogens is 3. The molecular formula is C5H8Br3NO2. The third-order valence-electron chi connectivity index (χ3n) is 0.688. The molecule has 0 unspecified atom stereocenters. The highest BCUT2D eigenvalue weighted by atomic mass is 80.0. The minimum Gasteiger partial charge on any atom is -0.446 e. The summed E-state index contributed by atoms with van der Waals surface area (Å²) in [5, 5.41) is 2.49.